The maximum Gasteiger partial charge on any atom is 0.320 e. The van der Waals surface area contributed by atoms with E-state index in [1.807, 2.05) is 19.1 Å². The Labute approximate surface area is 71.0 Å². The maximum atomic E-state index is 10.7. The number of urea groups is 1. The average Bonchev–Trinajstić information content (AvgIpc) is 2.03. The standard InChI is InChI=1S/C8H11N3O/c1-6-4-3-5-7(10-6)11(2)8(9)12/h3-5H,1-2H3,(H2,9,12). The van der Waals surface area contributed by atoms with Crippen LogP contribution < -0.4 is 10.6 Å². The summed E-state index contributed by atoms with van der Waals surface area (Å²) in [5.41, 5.74) is 5.93. The maximum absolute atomic E-state index is 10.7. The molecule has 4 nitrogen and oxygen atoms in total. The zero-order valence-corrected chi connectivity index (χ0v) is 7.11. The van der Waals surface area contributed by atoms with Crippen molar-refractivity contribution in [2.45, 2.75) is 6.92 Å². The first-order valence-corrected chi connectivity index (χ1v) is 3.58. The number of amides is 2. The zero-order chi connectivity index (χ0) is 9.14. The molecule has 4 heteroatoms. The Hall–Kier alpha value is -1.58. The second-order valence-corrected chi connectivity index (χ2v) is 2.53. The molecule has 0 saturated heterocycles. The molecule has 2 N–H and O–H groups in total. The van der Waals surface area contributed by atoms with E-state index in [1.54, 1.807) is 13.1 Å². The lowest BCUT2D eigenvalue weighted by Crippen LogP contribution is -2.32. The van der Waals surface area contributed by atoms with Crippen LogP contribution in [0.15, 0.2) is 18.2 Å². The van der Waals surface area contributed by atoms with Crippen molar-refractivity contribution in [3.05, 3.63) is 23.9 Å². The number of nitrogens with two attached hydrogens (primary N) is 1. The quantitative estimate of drug-likeness (QED) is 0.672. The summed E-state index contributed by atoms with van der Waals surface area (Å²) in [4.78, 5) is 16.1. The molecule has 0 bridgehead atoms. The Balaban J connectivity index is 2.95. The highest BCUT2D eigenvalue weighted by atomic mass is 16.2. The minimum absolute atomic E-state index is 0.506. The van der Waals surface area contributed by atoms with Crippen LogP contribution in [0.2, 0.25) is 0 Å². The summed E-state index contributed by atoms with van der Waals surface area (Å²) >= 11 is 0. The normalized spacial score (nSPS) is 9.50. The van der Waals surface area contributed by atoms with Crippen LogP contribution in [0.4, 0.5) is 10.6 Å². The zero-order valence-electron chi connectivity index (χ0n) is 7.11. The molecule has 1 rings (SSSR count). The summed E-state index contributed by atoms with van der Waals surface area (Å²) in [6.45, 7) is 1.86. The van der Waals surface area contributed by atoms with E-state index in [0.717, 1.165) is 5.69 Å². The molecule has 0 aliphatic heterocycles. The molecule has 0 atom stereocenters. The van der Waals surface area contributed by atoms with Gasteiger partial charge in [0, 0.05) is 12.7 Å². The largest absolute Gasteiger partial charge is 0.351 e. The Kier molecular flexibility index (Phi) is 2.28. The highest BCUT2D eigenvalue weighted by Crippen LogP contribution is 2.07. The smallest absolute Gasteiger partial charge is 0.320 e. The molecule has 0 fully saturated rings. The molecule has 0 aliphatic rings. The monoisotopic (exact) mass is 165 g/mol. The van der Waals surface area contributed by atoms with Crippen LogP contribution in [0.5, 0.6) is 0 Å². The van der Waals surface area contributed by atoms with Gasteiger partial charge in [0.15, 0.2) is 0 Å². The molecule has 1 aromatic heterocycles. The van der Waals surface area contributed by atoms with Crippen LogP contribution in [-0.2, 0) is 0 Å². The van der Waals surface area contributed by atoms with Crippen molar-refractivity contribution >= 4 is 11.8 Å². The Morgan fingerprint density at radius 2 is 2.25 bits per heavy atom. The molecule has 0 saturated carbocycles. The molecule has 0 unspecified atom stereocenters. The van der Waals surface area contributed by atoms with Gasteiger partial charge in [-0.25, -0.2) is 9.78 Å². The van der Waals surface area contributed by atoms with Crippen molar-refractivity contribution < 1.29 is 4.79 Å². The fraction of sp³-hybridized carbons (Fsp3) is 0.250. The number of carbonyl (C=O) groups excluding carboxylic acids is 1. The second kappa shape index (κ2) is 3.21. The number of anilines is 1. The molecular formula is C8H11N3O. The topological polar surface area (TPSA) is 59.2 Å². The molecule has 2 amide bonds. The van der Waals surface area contributed by atoms with Crippen LogP contribution >= 0.6 is 0 Å². The van der Waals surface area contributed by atoms with Crippen molar-refractivity contribution in [3.63, 3.8) is 0 Å². The van der Waals surface area contributed by atoms with Crippen LogP contribution in [0.1, 0.15) is 5.69 Å². The third-order valence-corrected chi connectivity index (χ3v) is 1.55. The molecule has 12 heavy (non-hydrogen) atoms. The van der Waals surface area contributed by atoms with Gasteiger partial charge >= 0.3 is 6.03 Å². The van der Waals surface area contributed by atoms with E-state index < -0.39 is 6.03 Å². The van der Waals surface area contributed by atoms with Gasteiger partial charge in [0.1, 0.15) is 5.82 Å². The molecule has 0 aromatic carbocycles. The number of nitrogens with zero attached hydrogens (tertiary/aromatic N) is 2. The van der Waals surface area contributed by atoms with Crippen molar-refractivity contribution in [1.29, 1.82) is 0 Å². The first kappa shape index (κ1) is 8.52. The molecule has 1 aromatic rings. The van der Waals surface area contributed by atoms with Crippen molar-refractivity contribution in [3.8, 4) is 0 Å². The van der Waals surface area contributed by atoms with E-state index in [-0.39, 0.29) is 0 Å². The fourth-order valence-corrected chi connectivity index (χ4v) is 0.828. The summed E-state index contributed by atoms with van der Waals surface area (Å²) in [6, 6.07) is 4.92. The third-order valence-electron chi connectivity index (χ3n) is 1.55. The van der Waals surface area contributed by atoms with Crippen molar-refractivity contribution in [1.82, 2.24) is 4.98 Å². The second-order valence-electron chi connectivity index (χ2n) is 2.53. The van der Waals surface area contributed by atoms with Gasteiger partial charge in [0.05, 0.1) is 0 Å². The highest BCUT2D eigenvalue weighted by Gasteiger charge is 2.06. The number of carbonyl (C=O) groups is 1. The van der Waals surface area contributed by atoms with Gasteiger partial charge in [-0.2, -0.15) is 0 Å². The minimum Gasteiger partial charge on any atom is -0.351 e. The molecular weight excluding hydrogens is 154 g/mol. The predicted molar refractivity (Wildman–Crippen MR) is 47.0 cm³/mol. The lowest BCUT2D eigenvalue weighted by atomic mass is 10.3. The predicted octanol–water partition coefficient (Wildman–Crippen LogP) is 0.905. The van der Waals surface area contributed by atoms with E-state index in [1.165, 1.54) is 4.90 Å². The number of rotatable bonds is 1. The first-order valence-electron chi connectivity index (χ1n) is 3.58. The highest BCUT2D eigenvalue weighted by molar-refractivity contribution is 5.88. The number of pyridine rings is 1. The Morgan fingerprint density at radius 1 is 1.58 bits per heavy atom. The number of hydrogen-bond acceptors (Lipinski definition) is 2. The first-order chi connectivity index (χ1) is 5.61. The molecule has 0 radical (unpaired) electrons. The summed E-state index contributed by atoms with van der Waals surface area (Å²) < 4.78 is 0. The number of hydrogen-bond donors (Lipinski definition) is 1. The van der Waals surface area contributed by atoms with Crippen LogP contribution in [0.25, 0.3) is 0 Å². The average molecular weight is 165 g/mol. The summed E-state index contributed by atoms with van der Waals surface area (Å²) in [6.07, 6.45) is 0. The SMILES string of the molecule is Cc1cccc(N(C)C(N)=O)n1. The molecule has 64 valence electrons. The van der Waals surface area contributed by atoms with Crippen LogP contribution in [0, 0.1) is 6.92 Å². The van der Waals surface area contributed by atoms with E-state index in [9.17, 15) is 4.79 Å². The Morgan fingerprint density at radius 3 is 2.75 bits per heavy atom. The number of primary amides is 1. The number of aryl methyl sites for hydroxylation is 1. The summed E-state index contributed by atoms with van der Waals surface area (Å²) in [7, 11) is 1.59. The third kappa shape index (κ3) is 1.72. The lowest BCUT2D eigenvalue weighted by Gasteiger charge is -2.12. The summed E-state index contributed by atoms with van der Waals surface area (Å²) in [5.74, 6) is 0.572. The van der Waals surface area contributed by atoms with Gasteiger partial charge in [-0.15, -0.1) is 0 Å². The molecule has 1 heterocycles. The van der Waals surface area contributed by atoms with Crippen LogP contribution in [0.3, 0.4) is 0 Å². The Bertz CT molecular complexity index is 298. The van der Waals surface area contributed by atoms with Gasteiger partial charge in [-0.3, -0.25) is 4.90 Å². The van der Waals surface area contributed by atoms with Crippen LogP contribution in [-0.4, -0.2) is 18.1 Å². The van der Waals surface area contributed by atoms with Gasteiger partial charge < -0.3 is 5.73 Å². The summed E-state index contributed by atoms with van der Waals surface area (Å²) in [5, 5.41) is 0. The van der Waals surface area contributed by atoms with E-state index in [2.05, 4.69) is 4.98 Å². The minimum atomic E-state index is -0.506. The van der Waals surface area contributed by atoms with Gasteiger partial charge in [-0.05, 0) is 19.1 Å². The lowest BCUT2D eigenvalue weighted by molar-refractivity contribution is 0.255. The van der Waals surface area contributed by atoms with Gasteiger partial charge in [-0.1, -0.05) is 6.07 Å². The fourth-order valence-electron chi connectivity index (χ4n) is 0.828. The van der Waals surface area contributed by atoms with Crippen molar-refractivity contribution in [2.75, 3.05) is 11.9 Å². The molecule has 0 aliphatic carbocycles. The number of aromatic nitrogens is 1. The van der Waals surface area contributed by atoms with Gasteiger partial charge in [0.25, 0.3) is 0 Å². The van der Waals surface area contributed by atoms with E-state index in [0.29, 0.717) is 5.82 Å². The van der Waals surface area contributed by atoms with E-state index in [4.69, 9.17) is 5.73 Å². The van der Waals surface area contributed by atoms with Crippen molar-refractivity contribution in [2.24, 2.45) is 5.73 Å². The van der Waals surface area contributed by atoms with E-state index >= 15 is 0 Å². The molecule has 0 spiro atoms. The van der Waals surface area contributed by atoms with Gasteiger partial charge in [0.2, 0.25) is 0 Å².